The third-order valence-electron chi connectivity index (χ3n) is 2.99. The number of hydrogen-bond donors (Lipinski definition) is 1. The normalized spacial score (nSPS) is 12.3. The highest BCUT2D eigenvalue weighted by molar-refractivity contribution is 6.01. The quantitative estimate of drug-likeness (QED) is 0.788. The van der Waals surface area contributed by atoms with Crippen molar-refractivity contribution in [2.24, 2.45) is 0 Å². The minimum absolute atomic E-state index is 0.139. The van der Waals surface area contributed by atoms with Gasteiger partial charge < -0.3 is 10.1 Å². The van der Waals surface area contributed by atoms with Gasteiger partial charge in [-0.1, -0.05) is 6.92 Å². The lowest BCUT2D eigenvalue weighted by atomic mass is 9.97. The van der Waals surface area contributed by atoms with Crippen molar-refractivity contribution in [3.05, 3.63) is 28.8 Å². The minimum Gasteiger partial charge on any atom is -0.494 e. The number of hydrogen-bond acceptors (Lipinski definition) is 3. The van der Waals surface area contributed by atoms with E-state index in [0.717, 1.165) is 29.0 Å². The van der Waals surface area contributed by atoms with Crippen molar-refractivity contribution < 1.29 is 9.53 Å². The van der Waals surface area contributed by atoms with Gasteiger partial charge in [-0.3, -0.25) is 4.79 Å². The second-order valence-electron chi connectivity index (χ2n) is 4.51. The van der Waals surface area contributed by atoms with Gasteiger partial charge in [0.15, 0.2) is 5.78 Å². The molecule has 0 radical (unpaired) electrons. The molecule has 0 spiro atoms. The monoisotopic (exact) mass is 249 g/mol. The Morgan fingerprint density at radius 3 is 2.50 bits per heavy atom. The predicted octanol–water partition coefficient (Wildman–Crippen LogP) is 2.88. The van der Waals surface area contributed by atoms with Crippen LogP contribution < -0.4 is 10.1 Å². The van der Waals surface area contributed by atoms with Crippen LogP contribution in [0.5, 0.6) is 5.75 Å². The molecule has 1 unspecified atom stereocenters. The van der Waals surface area contributed by atoms with Crippen LogP contribution in [0.15, 0.2) is 12.1 Å². The topological polar surface area (TPSA) is 38.3 Å². The van der Waals surface area contributed by atoms with Crippen LogP contribution >= 0.6 is 0 Å². The van der Waals surface area contributed by atoms with Crippen LogP contribution in [-0.2, 0) is 0 Å². The molecule has 0 heterocycles. The van der Waals surface area contributed by atoms with Crippen LogP contribution in [0, 0.1) is 13.8 Å². The standard InChI is InChI=1S/C15H23NO2/c1-6-16-12(5)15(17)13-8-11(4)14(18-7-2)9-10(13)3/h8-9,12,16H,6-7H2,1-5H3. The summed E-state index contributed by atoms with van der Waals surface area (Å²) in [6.45, 7) is 11.2. The van der Waals surface area contributed by atoms with Crippen molar-refractivity contribution in [1.82, 2.24) is 5.32 Å². The van der Waals surface area contributed by atoms with E-state index in [1.54, 1.807) is 0 Å². The van der Waals surface area contributed by atoms with Gasteiger partial charge in [-0.15, -0.1) is 0 Å². The van der Waals surface area contributed by atoms with Crippen LogP contribution in [0.2, 0.25) is 0 Å². The molecule has 0 aromatic heterocycles. The number of nitrogens with one attached hydrogen (secondary N) is 1. The van der Waals surface area contributed by atoms with E-state index in [1.807, 2.05) is 46.8 Å². The Kier molecular flexibility index (Phi) is 5.35. The molecule has 0 amide bonds. The molecule has 1 aromatic rings. The molecule has 0 aliphatic rings. The predicted molar refractivity (Wildman–Crippen MR) is 74.6 cm³/mol. The number of carbonyl (C=O) groups is 1. The molecular weight excluding hydrogens is 226 g/mol. The van der Waals surface area contributed by atoms with Gasteiger partial charge in [0.2, 0.25) is 0 Å². The van der Waals surface area contributed by atoms with Gasteiger partial charge in [-0.2, -0.15) is 0 Å². The Hall–Kier alpha value is -1.35. The average molecular weight is 249 g/mol. The second kappa shape index (κ2) is 6.55. The number of likely N-dealkylation sites (N-methyl/N-ethyl adjacent to an activating group) is 1. The first-order valence-electron chi connectivity index (χ1n) is 6.52. The summed E-state index contributed by atoms with van der Waals surface area (Å²) in [5, 5.41) is 3.15. The van der Waals surface area contributed by atoms with Crippen molar-refractivity contribution in [3.8, 4) is 5.75 Å². The SMILES string of the molecule is CCNC(C)C(=O)c1cc(C)c(OCC)cc1C. The van der Waals surface area contributed by atoms with Gasteiger partial charge >= 0.3 is 0 Å². The van der Waals surface area contributed by atoms with E-state index in [2.05, 4.69) is 5.32 Å². The molecule has 0 aliphatic heterocycles. The van der Waals surface area contributed by atoms with E-state index in [0.29, 0.717) is 6.61 Å². The molecule has 0 aliphatic carbocycles. The lowest BCUT2D eigenvalue weighted by molar-refractivity contribution is 0.0951. The molecule has 0 fully saturated rings. The van der Waals surface area contributed by atoms with Gasteiger partial charge in [0.05, 0.1) is 12.6 Å². The summed E-state index contributed by atoms with van der Waals surface area (Å²) in [4.78, 5) is 12.3. The Labute approximate surface area is 110 Å². The molecule has 1 atom stereocenters. The zero-order chi connectivity index (χ0) is 13.7. The molecule has 18 heavy (non-hydrogen) atoms. The minimum atomic E-state index is -0.147. The molecule has 0 saturated heterocycles. The summed E-state index contributed by atoms with van der Waals surface area (Å²) >= 11 is 0. The molecular formula is C15H23NO2. The molecule has 3 heteroatoms. The molecule has 1 N–H and O–H groups in total. The van der Waals surface area contributed by atoms with Crippen LogP contribution in [0.1, 0.15) is 42.3 Å². The summed E-state index contributed by atoms with van der Waals surface area (Å²) in [5.74, 6) is 1.00. The summed E-state index contributed by atoms with van der Waals surface area (Å²) in [5.41, 5.74) is 2.76. The Bertz CT molecular complexity index is 427. The van der Waals surface area contributed by atoms with Crippen molar-refractivity contribution in [2.45, 2.75) is 40.7 Å². The second-order valence-corrected chi connectivity index (χ2v) is 4.51. The third kappa shape index (κ3) is 3.33. The summed E-state index contributed by atoms with van der Waals surface area (Å²) in [7, 11) is 0. The van der Waals surface area contributed by atoms with Crippen molar-refractivity contribution in [1.29, 1.82) is 0 Å². The lowest BCUT2D eigenvalue weighted by Crippen LogP contribution is -2.34. The molecule has 1 aromatic carbocycles. The molecule has 0 saturated carbocycles. The fourth-order valence-electron chi connectivity index (χ4n) is 2.00. The van der Waals surface area contributed by atoms with E-state index in [4.69, 9.17) is 4.74 Å². The average Bonchev–Trinajstić information content (AvgIpc) is 2.33. The Balaban J connectivity index is 3.03. The van der Waals surface area contributed by atoms with E-state index in [1.165, 1.54) is 0 Å². The zero-order valence-corrected chi connectivity index (χ0v) is 12.0. The van der Waals surface area contributed by atoms with E-state index in [-0.39, 0.29) is 11.8 Å². The summed E-state index contributed by atoms with van der Waals surface area (Å²) in [6.07, 6.45) is 0. The molecule has 1 rings (SSSR count). The van der Waals surface area contributed by atoms with E-state index < -0.39 is 0 Å². The highest BCUT2D eigenvalue weighted by Crippen LogP contribution is 2.23. The number of rotatable bonds is 6. The third-order valence-corrected chi connectivity index (χ3v) is 2.99. The molecule has 0 bridgehead atoms. The van der Waals surface area contributed by atoms with Gasteiger partial charge in [-0.25, -0.2) is 0 Å². The zero-order valence-electron chi connectivity index (χ0n) is 12.0. The maximum atomic E-state index is 12.3. The first-order chi connectivity index (χ1) is 8.51. The van der Waals surface area contributed by atoms with Gasteiger partial charge in [0, 0.05) is 5.56 Å². The number of benzene rings is 1. The number of Topliss-reactive ketones (excluding diaryl/α,β-unsaturated/α-hetero) is 1. The lowest BCUT2D eigenvalue weighted by Gasteiger charge is -2.15. The Morgan fingerprint density at radius 2 is 1.94 bits per heavy atom. The van der Waals surface area contributed by atoms with Crippen LogP contribution in [0.4, 0.5) is 0 Å². The number of aryl methyl sites for hydroxylation is 2. The summed E-state index contributed by atoms with van der Waals surface area (Å²) in [6, 6.07) is 3.73. The van der Waals surface area contributed by atoms with Crippen LogP contribution in [0.25, 0.3) is 0 Å². The molecule has 100 valence electrons. The fourth-order valence-corrected chi connectivity index (χ4v) is 2.00. The fraction of sp³-hybridized carbons (Fsp3) is 0.533. The van der Waals surface area contributed by atoms with Crippen LogP contribution in [-0.4, -0.2) is 25.0 Å². The highest BCUT2D eigenvalue weighted by Gasteiger charge is 2.17. The summed E-state index contributed by atoms with van der Waals surface area (Å²) < 4.78 is 5.53. The van der Waals surface area contributed by atoms with Gasteiger partial charge in [-0.05, 0) is 57.5 Å². The number of ketones is 1. The molecule has 3 nitrogen and oxygen atoms in total. The van der Waals surface area contributed by atoms with E-state index in [9.17, 15) is 4.79 Å². The van der Waals surface area contributed by atoms with Crippen LogP contribution in [0.3, 0.4) is 0 Å². The number of carbonyl (C=O) groups excluding carboxylic acids is 1. The van der Waals surface area contributed by atoms with Crippen molar-refractivity contribution >= 4 is 5.78 Å². The largest absolute Gasteiger partial charge is 0.494 e. The van der Waals surface area contributed by atoms with Gasteiger partial charge in [0.1, 0.15) is 5.75 Å². The first-order valence-corrected chi connectivity index (χ1v) is 6.52. The van der Waals surface area contributed by atoms with Crippen molar-refractivity contribution in [3.63, 3.8) is 0 Å². The van der Waals surface area contributed by atoms with Crippen molar-refractivity contribution in [2.75, 3.05) is 13.2 Å². The smallest absolute Gasteiger partial charge is 0.179 e. The maximum absolute atomic E-state index is 12.3. The highest BCUT2D eigenvalue weighted by atomic mass is 16.5. The maximum Gasteiger partial charge on any atom is 0.179 e. The van der Waals surface area contributed by atoms with Gasteiger partial charge in [0.25, 0.3) is 0 Å². The Morgan fingerprint density at radius 1 is 1.28 bits per heavy atom. The number of ether oxygens (including phenoxy) is 1. The first kappa shape index (κ1) is 14.7. The van der Waals surface area contributed by atoms with E-state index >= 15 is 0 Å².